The molecule has 1 aliphatic rings. The average molecular weight is 433 g/mol. The van der Waals surface area contributed by atoms with Crippen molar-refractivity contribution in [1.82, 2.24) is 14.9 Å². The van der Waals surface area contributed by atoms with Gasteiger partial charge < -0.3 is 14.8 Å². The molecule has 4 nitrogen and oxygen atoms in total. The molecule has 5 heteroatoms. The van der Waals surface area contributed by atoms with E-state index >= 15 is 0 Å². The Bertz CT molecular complexity index is 1070. The summed E-state index contributed by atoms with van der Waals surface area (Å²) in [5.41, 5.74) is 7.30. The Morgan fingerprint density at radius 3 is 2.26 bits per heavy atom. The molecule has 2 atom stereocenters. The summed E-state index contributed by atoms with van der Waals surface area (Å²) in [6.45, 7) is 13.3. The van der Waals surface area contributed by atoms with Gasteiger partial charge in [-0.2, -0.15) is 0 Å². The maximum absolute atomic E-state index is 5.88. The SMILES string of the molecule is Cc1cc([C@H]2[C@H](c3ccccn3)NC(=S)N2c2ccc(C(C)C)cc2)c(C)n1C(C)C. The lowest BCUT2D eigenvalue weighted by molar-refractivity contribution is 0.547. The van der Waals surface area contributed by atoms with Crippen molar-refractivity contribution >= 4 is 23.0 Å². The van der Waals surface area contributed by atoms with Crippen molar-refractivity contribution in [3.05, 3.63) is 82.9 Å². The zero-order chi connectivity index (χ0) is 22.3. The predicted molar refractivity (Wildman–Crippen MR) is 133 cm³/mol. The standard InChI is InChI=1S/C26H32N4S/c1-16(2)20-10-12-21(13-11-20)30-25(22-15-18(5)29(17(3)4)19(22)6)24(28-26(30)31)23-9-7-8-14-27-23/h7-17,24-25H,1-6H3,(H,28,31)/t24-,25-/m0/s1. The summed E-state index contributed by atoms with van der Waals surface area (Å²) in [6.07, 6.45) is 1.86. The summed E-state index contributed by atoms with van der Waals surface area (Å²) >= 11 is 5.88. The van der Waals surface area contributed by atoms with Crippen LogP contribution in [0.5, 0.6) is 0 Å². The van der Waals surface area contributed by atoms with Gasteiger partial charge in [0, 0.05) is 29.3 Å². The largest absolute Gasteiger partial charge is 0.351 e. The molecule has 0 bridgehead atoms. The molecule has 3 aromatic rings. The normalized spacial score (nSPS) is 18.8. The van der Waals surface area contributed by atoms with E-state index in [1.165, 1.54) is 22.5 Å². The van der Waals surface area contributed by atoms with Crippen LogP contribution in [0, 0.1) is 13.8 Å². The van der Waals surface area contributed by atoms with Crippen LogP contribution < -0.4 is 10.2 Å². The first-order chi connectivity index (χ1) is 14.8. The second-order valence-corrected chi connectivity index (χ2v) is 9.42. The Balaban J connectivity index is 1.86. The lowest BCUT2D eigenvalue weighted by Gasteiger charge is -2.28. The number of rotatable bonds is 5. The van der Waals surface area contributed by atoms with E-state index in [1.54, 1.807) is 0 Å². The molecule has 1 fully saturated rings. The topological polar surface area (TPSA) is 33.1 Å². The van der Waals surface area contributed by atoms with Gasteiger partial charge in [-0.3, -0.25) is 4.98 Å². The van der Waals surface area contributed by atoms with Crippen molar-refractivity contribution in [2.24, 2.45) is 0 Å². The van der Waals surface area contributed by atoms with Crippen LogP contribution in [0.1, 0.15) is 79.9 Å². The third-order valence-corrected chi connectivity index (χ3v) is 6.61. The number of anilines is 1. The van der Waals surface area contributed by atoms with E-state index in [-0.39, 0.29) is 12.1 Å². The Morgan fingerprint density at radius 1 is 1.00 bits per heavy atom. The zero-order valence-corrected chi connectivity index (χ0v) is 20.1. The first kappa shape index (κ1) is 21.6. The van der Waals surface area contributed by atoms with Gasteiger partial charge in [-0.1, -0.05) is 32.0 Å². The number of aryl methyl sites for hydroxylation is 1. The quantitative estimate of drug-likeness (QED) is 0.474. The predicted octanol–water partition coefficient (Wildman–Crippen LogP) is 6.38. The third-order valence-electron chi connectivity index (χ3n) is 6.29. The maximum Gasteiger partial charge on any atom is 0.174 e. The van der Waals surface area contributed by atoms with E-state index < -0.39 is 0 Å². The lowest BCUT2D eigenvalue weighted by Crippen LogP contribution is -2.29. The molecule has 3 heterocycles. The summed E-state index contributed by atoms with van der Waals surface area (Å²) in [5, 5.41) is 4.32. The van der Waals surface area contributed by atoms with Crippen LogP contribution in [-0.4, -0.2) is 14.7 Å². The molecule has 1 saturated heterocycles. The Labute approximate surface area is 191 Å². The number of hydrogen-bond donors (Lipinski definition) is 1. The number of hydrogen-bond acceptors (Lipinski definition) is 2. The fourth-order valence-electron chi connectivity index (χ4n) is 4.87. The van der Waals surface area contributed by atoms with Crippen LogP contribution in [0.25, 0.3) is 0 Å². The number of thiocarbonyl (C=S) groups is 1. The van der Waals surface area contributed by atoms with Gasteiger partial charge in [0.05, 0.1) is 17.8 Å². The summed E-state index contributed by atoms with van der Waals surface area (Å²) in [7, 11) is 0. The minimum Gasteiger partial charge on any atom is -0.351 e. The number of nitrogens with one attached hydrogen (secondary N) is 1. The second kappa shape index (κ2) is 8.46. The van der Waals surface area contributed by atoms with E-state index in [4.69, 9.17) is 12.2 Å². The maximum atomic E-state index is 5.88. The molecule has 31 heavy (non-hydrogen) atoms. The van der Waals surface area contributed by atoms with E-state index in [0.717, 1.165) is 16.5 Å². The molecule has 1 N–H and O–H groups in total. The van der Waals surface area contributed by atoms with Crippen molar-refractivity contribution in [3.8, 4) is 0 Å². The Morgan fingerprint density at radius 2 is 1.71 bits per heavy atom. The number of benzene rings is 1. The van der Waals surface area contributed by atoms with Crippen molar-refractivity contribution in [1.29, 1.82) is 0 Å². The monoisotopic (exact) mass is 432 g/mol. The fourth-order valence-corrected chi connectivity index (χ4v) is 5.21. The van der Waals surface area contributed by atoms with Crippen molar-refractivity contribution in [2.75, 3.05) is 4.90 Å². The first-order valence-corrected chi connectivity index (χ1v) is 11.5. The summed E-state index contributed by atoms with van der Waals surface area (Å²) in [6, 6.07) is 17.6. The van der Waals surface area contributed by atoms with Crippen LogP contribution in [-0.2, 0) is 0 Å². The minimum atomic E-state index is -0.0143. The van der Waals surface area contributed by atoms with Gasteiger partial charge in [0.2, 0.25) is 0 Å². The average Bonchev–Trinajstić information content (AvgIpc) is 3.24. The molecule has 0 saturated carbocycles. The van der Waals surface area contributed by atoms with Crippen molar-refractivity contribution in [3.63, 3.8) is 0 Å². The molecule has 1 aromatic carbocycles. The van der Waals surface area contributed by atoms with Gasteiger partial charge in [0.1, 0.15) is 0 Å². The van der Waals surface area contributed by atoms with Gasteiger partial charge in [-0.05, 0) is 87.3 Å². The van der Waals surface area contributed by atoms with Gasteiger partial charge in [0.15, 0.2) is 5.11 Å². The minimum absolute atomic E-state index is 0.0143. The number of nitrogens with zero attached hydrogens (tertiary/aromatic N) is 3. The molecule has 2 aromatic heterocycles. The van der Waals surface area contributed by atoms with E-state index in [1.807, 2.05) is 18.3 Å². The van der Waals surface area contributed by atoms with Gasteiger partial charge in [-0.15, -0.1) is 0 Å². The first-order valence-electron chi connectivity index (χ1n) is 11.1. The van der Waals surface area contributed by atoms with Gasteiger partial charge in [-0.25, -0.2) is 0 Å². The molecule has 1 aliphatic heterocycles. The van der Waals surface area contributed by atoms with Crippen LogP contribution in [0.2, 0.25) is 0 Å². The molecule has 0 amide bonds. The summed E-state index contributed by atoms with van der Waals surface area (Å²) in [4.78, 5) is 6.94. The van der Waals surface area contributed by atoms with E-state index in [2.05, 4.69) is 97.7 Å². The Kier molecular flexibility index (Phi) is 5.89. The highest BCUT2D eigenvalue weighted by atomic mass is 32.1. The molecule has 0 aliphatic carbocycles. The highest BCUT2D eigenvalue weighted by molar-refractivity contribution is 7.80. The molecule has 0 radical (unpaired) electrons. The van der Waals surface area contributed by atoms with E-state index in [0.29, 0.717) is 12.0 Å². The molecular formula is C26H32N4S. The molecule has 0 unspecified atom stereocenters. The molecule has 4 rings (SSSR count). The van der Waals surface area contributed by atoms with Crippen molar-refractivity contribution < 1.29 is 0 Å². The summed E-state index contributed by atoms with van der Waals surface area (Å²) in [5.74, 6) is 0.500. The Hall–Kier alpha value is -2.66. The second-order valence-electron chi connectivity index (χ2n) is 9.03. The fraction of sp³-hybridized carbons (Fsp3) is 0.385. The van der Waals surface area contributed by atoms with E-state index in [9.17, 15) is 0 Å². The van der Waals surface area contributed by atoms with Crippen LogP contribution in [0.4, 0.5) is 5.69 Å². The number of aromatic nitrogens is 2. The van der Waals surface area contributed by atoms with Crippen LogP contribution >= 0.6 is 12.2 Å². The third kappa shape index (κ3) is 3.87. The molecular weight excluding hydrogens is 400 g/mol. The van der Waals surface area contributed by atoms with Crippen LogP contribution in [0.3, 0.4) is 0 Å². The summed E-state index contributed by atoms with van der Waals surface area (Å²) < 4.78 is 2.41. The van der Waals surface area contributed by atoms with Gasteiger partial charge in [0.25, 0.3) is 0 Å². The highest BCUT2D eigenvalue weighted by Crippen LogP contribution is 2.43. The van der Waals surface area contributed by atoms with Crippen LogP contribution in [0.15, 0.2) is 54.7 Å². The van der Waals surface area contributed by atoms with Gasteiger partial charge >= 0.3 is 0 Å². The van der Waals surface area contributed by atoms with Crippen molar-refractivity contribution in [2.45, 2.75) is 65.6 Å². The lowest BCUT2D eigenvalue weighted by atomic mass is 9.96. The smallest absolute Gasteiger partial charge is 0.174 e. The highest BCUT2D eigenvalue weighted by Gasteiger charge is 2.42. The molecule has 162 valence electrons. The molecule has 0 spiro atoms. The zero-order valence-electron chi connectivity index (χ0n) is 19.3. The number of pyridine rings is 1.